The van der Waals surface area contributed by atoms with Gasteiger partial charge in [-0.15, -0.1) is 0 Å². The Morgan fingerprint density at radius 3 is 2.57 bits per heavy atom. The molecule has 0 spiro atoms. The monoisotopic (exact) mass is 407 g/mol. The first-order valence-corrected chi connectivity index (χ1v) is 10.6. The Morgan fingerprint density at radius 2 is 1.87 bits per heavy atom. The summed E-state index contributed by atoms with van der Waals surface area (Å²) < 4.78 is 6.83. The fraction of sp³-hybridized carbons (Fsp3) is 0.455. The zero-order valence-electron chi connectivity index (χ0n) is 17.1. The molecule has 1 aromatic carbocycles. The average Bonchev–Trinajstić information content (AvgIpc) is 3.45. The summed E-state index contributed by atoms with van der Waals surface area (Å²) in [5.74, 6) is 0.534. The number of amides is 1. The smallest absolute Gasteiger partial charge is 0.276 e. The molecule has 0 N–H and O–H groups in total. The maximum Gasteiger partial charge on any atom is 0.276 e. The molecule has 0 bridgehead atoms. The van der Waals surface area contributed by atoms with Crippen LogP contribution >= 0.6 is 0 Å². The van der Waals surface area contributed by atoms with Crippen LogP contribution in [0.3, 0.4) is 0 Å². The summed E-state index contributed by atoms with van der Waals surface area (Å²) in [6.45, 7) is 4.43. The van der Waals surface area contributed by atoms with E-state index in [0.717, 1.165) is 24.0 Å². The number of benzene rings is 1. The van der Waals surface area contributed by atoms with E-state index in [1.165, 1.54) is 12.8 Å². The van der Waals surface area contributed by atoms with Crippen molar-refractivity contribution in [2.75, 3.05) is 31.1 Å². The third kappa shape index (κ3) is 3.36. The van der Waals surface area contributed by atoms with E-state index in [1.54, 1.807) is 24.2 Å². The molecule has 0 radical (unpaired) electrons. The molecular weight excluding hydrogens is 382 g/mol. The highest BCUT2D eigenvalue weighted by Crippen LogP contribution is 2.28. The molecule has 30 heavy (non-hydrogen) atoms. The Bertz CT molecular complexity index is 1140. The highest BCUT2D eigenvalue weighted by atomic mass is 16.5. The summed E-state index contributed by atoms with van der Waals surface area (Å²) in [6, 6.07) is 7.81. The van der Waals surface area contributed by atoms with Crippen LogP contribution in [0.5, 0.6) is 0 Å². The summed E-state index contributed by atoms with van der Waals surface area (Å²) >= 11 is 0. The van der Waals surface area contributed by atoms with Crippen LogP contribution in [-0.2, 0) is 0 Å². The molecular formula is C22H25N5O3. The lowest BCUT2D eigenvalue weighted by Gasteiger charge is -2.35. The Balaban J connectivity index is 1.31. The number of hydrogen-bond acceptors (Lipinski definition) is 6. The first-order valence-electron chi connectivity index (χ1n) is 10.6. The van der Waals surface area contributed by atoms with Crippen molar-refractivity contribution >= 4 is 22.5 Å². The van der Waals surface area contributed by atoms with E-state index in [4.69, 9.17) is 4.52 Å². The lowest BCUT2D eigenvalue weighted by Crippen LogP contribution is -2.48. The lowest BCUT2D eigenvalue weighted by atomic mass is 10.1. The minimum absolute atomic E-state index is 0.0526. The molecule has 5 rings (SSSR count). The first-order chi connectivity index (χ1) is 14.6. The third-order valence-corrected chi connectivity index (χ3v) is 6.26. The standard InChI is InChI=1S/C22H25N5O3/c1-15-12-20(24-30-15)22(29)26-10-8-25(9-11-26)17-6-7-18-19(13-17)23-14-27(21(18)28)16-4-2-3-5-16/h6-7,12-14,16H,2-5,8-11H2,1H3. The van der Waals surface area contributed by atoms with Gasteiger partial charge >= 0.3 is 0 Å². The highest BCUT2D eigenvalue weighted by molar-refractivity contribution is 5.92. The Kier molecular flexibility index (Phi) is 4.77. The van der Waals surface area contributed by atoms with Gasteiger partial charge in [-0.2, -0.15) is 0 Å². The van der Waals surface area contributed by atoms with Crippen LogP contribution in [0, 0.1) is 6.92 Å². The number of rotatable bonds is 3. The second-order valence-electron chi connectivity index (χ2n) is 8.20. The molecule has 0 atom stereocenters. The largest absolute Gasteiger partial charge is 0.368 e. The molecule has 156 valence electrons. The van der Waals surface area contributed by atoms with Gasteiger partial charge in [0, 0.05) is 44.0 Å². The van der Waals surface area contributed by atoms with E-state index in [2.05, 4.69) is 15.0 Å². The van der Waals surface area contributed by atoms with Crippen molar-refractivity contribution in [2.24, 2.45) is 0 Å². The third-order valence-electron chi connectivity index (χ3n) is 6.26. The van der Waals surface area contributed by atoms with Gasteiger partial charge in [-0.3, -0.25) is 14.2 Å². The SMILES string of the molecule is Cc1cc(C(=O)N2CCN(c3ccc4c(=O)n(C5CCCC5)cnc4c3)CC2)no1. The second-order valence-corrected chi connectivity index (χ2v) is 8.20. The number of aromatic nitrogens is 3. The van der Waals surface area contributed by atoms with Crippen LogP contribution in [0.1, 0.15) is 48.0 Å². The number of fused-ring (bicyclic) bond motifs is 1. The van der Waals surface area contributed by atoms with E-state index in [1.807, 2.05) is 22.8 Å². The van der Waals surface area contributed by atoms with Gasteiger partial charge in [0.2, 0.25) is 0 Å². The van der Waals surface area contributed by atoms with E-state index in [9.17, 15) is 9.59 Å². The molecule has 3 heterocycles. The number of nitrogens with zero attached hydrogens (tertiary/aromatic N) is 5. The van der Waals surface area contributed by atoms with E-state index in [-0.39, 0.29) is 17.5 Å². The van der Waals surface area contributed by atoms with Crippen molar-refractivity contribution in [3.8, 4) is 0 Å². The second kappa shape index (κ2) is 7.59. The summed E-state index contributed by atoms with van der Waals surface area (Å²) in [7, 11) is 0. The molecule has 1 saturated heterocycles. The molecule has 0 unspecified atom stereocenters. The fourth-order valence-corrected chi connectivity index (χ4v) is 4.56. The Labute approximate surface area is 174 Å². The number of carbonyl (C=O) groups is 1. The molecule has 2 fully saturated rings. The summed E-state index contributed by atoms with van der Waals surface area (Å²) in [4.78, 5) is 34.1. The van der Waals surface area contributed by atoms with Crippen molar-refractivity contribution in [2.45, 2.75) is 38.6 Å². The highest BCUT2D eigenvalue weighted by Gasteiger charge is 2.25. The lowest BCUT2D eigenvalue weighted by molar-refractivity contribution is 0.0736. The van der Waals surface area contributed by atoms with Crippen LogP contribution in [0.25, 0.3) is 10.9 Å². The van der Waals surface area contributed by atoms with Gasteiger partial charge in [-0.05, 0) is 38.0 Å². The number of piperazine rings is 1. The van der Waals surface area contributed by atoms with Crippen molar-refractivity contribution in [3.63, 3.8) is 0 Å². The van der Waals surface area contributed by atoms with Gasteiger partial charge in [0.15, 0.2) is 5.69 Å². The van der Waals surface area contributed by atoms with Crippen LogP contribution < -0.4 is 10.5 Å². The van der Waals surface area contributed by atoms with Gasteiger partial charge < -0.3 is 14.3 Å². The number of hydrogen-bond donors (Lipinski definition) is 0. The zero-order chi connectivity index (χ0) is 20.7. The molecule has 1 aliphatic heterocycles. The van der Waals surface area contributed by atoms with Crippen molar-refractivity contribution in [1.82, 2.24) is 19.6 Å². The predicted octanol–water partition coefficient (Wildman–Crippen LogP) is 2.77. The predicted molar refractivity (Wildman–Crippen MR) is 113 cm³/mol. The molecule has 1 aliphatic carbocycles. The van der Waals surface area contributed by atoms with E-state index >= 15 is 0 Å². The Morgan fingerprint density at radius 1 is 1.10 bits per heavy atom. The number of anilines is 1. The zero-order valence-corrected chi connectivity index (χ0v) is 17.1. The van der Waals surface area contributed by atoms with Crippen LogP contribution in [0.15, 0.2) is 39.9 Å². The molecule has 1 saturated carbocycles. The van der Waals surface area contributed by atoms with Crippen molar-refractivity contribution in [1.29, 1.82) is 0 Å². The molecule has 8 heteroatoms. The molecule has 1 amide bonds. The summed E-state index contributed by atoms with van der Waals surface area (Å²) in [5.41, 5.74) is 2.16. The maximum atomic E-state index is 12.9. The summed E-state index contributed by atoms with van der Waals surface area (Å²) in [6.07, 6.45) is 6.18. The first kappa shape index (κ1) is 18.8. The van der Waals surface area contributed by atoms with Crippen LogP contribution in [0.2, 0.25) is 0 Å². The normalized spacial score (nSPS) is 17.8. The van der Waals surface area contributed by atoms with E-state index < -0.39 is 0 Å². The maximum absolute atomic E-state index is 12.9. The average molecular weight is 407 g/mol. The summed E-state index contributed by atoms with van der Waals surface area (Å²) in [5, 5.41) is 4.50. The molecule has 2 aromatic heterocycles. The molecule has 2 aliphatic rings. The fourth-order valence-electron chi connectivity index (χ4n) is 4.56. The minimum Gasteiger partial charge on any atom is -0.368 e. The van der Waals surface area contributed by atoms with Gasteiger partial charge in [0.1, 0.15) is 5.76 Å². The van der Waals surface area contributed by atoms with Crippen molar-refractivity contribution in [3.05, 3.63) is 52.4 Å². The number of aryl methyl sites for hydroxylation is 1. The van der Waals surface area contributed by atoms with Gasteiger partial charge in [0.25, 0.3) is 11.5 Å². The number of carbonyl (C=O) groups excluding carboxylic acids is 1. The van der Waals surface area contributed by atoms with Crippen LogP contribution in [-0.4, -0.2) is 51.7 Å². The minimum atomic E-state index is -0.0980. The van der Waals surface area contributed by atoms with Crippen LogP contribution in [0.4, 0.5) is 5.69 Å². The van der Waals surface area contributed by atoms with E-state index in [0.29, 0.717) is 43.0 Å². The molecule has 3 aromatic rings. The Hall–Kier alpha value is -3.16. The molecule has 8 nitrogen and oxygen atoms in total. The van der Waals surface area contributed by atoms with Gasteiger partial charge in [-0.25, -0.2) is 4.98 Å². The topological polar surface area (TPSA) is 84.5 Å². The van der Waals surface area contributed by atoms with Gasteiger partial charge in [0.05, 0.1) is 17.2 Å². The van der Waals surface area contributed by atoms with Gasteiger partial charge in [-0.1, -0.05) is 18.0 Å². The quantitative estimate of drug-likeness (QED) is 0.664. The van der Waals surface area contributed by atoms with Crippen molar-refractivity contribution < 1.29 is 9.32 Å².